The lowest BCUT2D eigenvalue weighted by molar-refractivity contribution is -0.178. The molecule has 2 amide bonds. The molecule has 14 heteroatoms. The highest BCUT2D eigenvalue weighted by atomic mass is 32.1. The van der Waals surface area contributed by atoms with Crippen LogP contribution in [0.1, 0.15) is 96.5 Å². The van der Waals surface area contributed by atoms with Crippen molar-refractivity contribution in [2.45, 2.75) is 90.8 Å². The molecule has 10 rings (SSSR count). The fourth-order valence-corrected chi connectivity index (χ4v) is 14.3. The number of benzene rings is 2. The van der Waals surface area contributed by atoms with Crippen LogP contribution in [0, 0.1) is 28.6 Å². The van der Waals surface area contributed by atoms with Crippen LogP contribution in [0.15, 0.2) is 60.8 Å². The number of ether oxygens (including phenoxy) is 1. The number of pyridine rings is 1. The van der Waals surface area contributed by atoms with Crippen LogP contribution in [0.2, 0.25) is 0 Å². The number of hydrogen-bond donors (Lipinski definition) is 3. The zero-order chi connectivity index (χ0) is 42.5. The second-order valence-corrected chi connectivity index (χ2v) is 20.6. The summed E-state index contributed by atoms with van der Waals surface area (Å²) in [5.74, 6) is -1.06. The number of para-hydroxylation sites is 1. The number of likely N-dealkylation sites (N-methyl/N-ethyl adjacent to an activating group) is 1. The molecule has 1 spiro atoms. The lowest BCUT2D eigenvalue weighted by Crippen LogP contribution is -2.60. The molecule has 4 aliphatic carbocycles. The molecule has 61 heavy (non-hydrogen) atoms. The Balaban J connectivity index is 0.881. The van der Waals surface area contributed by atoms with Crippen molar-refractivity contribution in [2.75, 3.05) is 43.5 Å². The van der Waals surface area contributed by atoms with Crippen LogP contribution in [0.5, 0.6) is 0 Å². The Morgan fingerprint density at radius 1 is 0.967 bits per heavy atom. The topological polar surface area (TPSA) is 169 Å². The Morgan fingerprint density at radius 2 is 1.80 bits per heavy atom. The van der Waals surface area contributed by atoms with Gasteiger partial charge in [0.05, 0.1) is 28.6 Å². The van der Waals surface area contributed by atoms with E-state index in [-0.39, 0.29) is 44.8 Å². The van der Waals surface area contributed by atoms with Crippen molar-refractivity contribution in [3.8, 4) is 11.1 Å². The predicted molar refractivity (Wildman–Crippen MR) is 235 cm³/mol. The molecule has 1 aliphatic heterocycles. The van der Waals surface area contributed by atoms with Gasteiger partial charge < -0.3 is 25.4 Å². The summed E-state index contributed by atoms with van der Waals surface area (Å²) in [6.45, 7) is 10.8. The number of anilines is 2. The highest BCUT2D eigenvalue weighted by Crippen LogP contribution is 2.90. The molecule has 4 saturated carbocycles. The Labute approximate surface area is 359 Å². The number of nitrogens with zero attached hydrogens (tertiary/aromatic N) is 6. The minimum Gasteiger partial charge on any atom is -0.476 e. The Morgan fingerprint density at radius 3 is 2.61 bits per heavy atom. The quantitative estimate of drug-likeness (QED) is 0.103. The van der Waals surface area contributed by atoms with Gasteiger partial charge >= 0.3 is 5.97 Å². The average Bonchev–Trinajstić information content (AvgIpc) is 3.87. The molecule has 5 unspecified atom stereocenters. The number of hydrogen-bond acceptors (Lipinski definition) is 10. The highest BCUT2D eigenvalue weighted by molar-refractivity contribution is 7.22. The van der Waals surface area contributed by atoms with Gasteiger partial charge in [0.25, 0.3) is 5.91 Å². The second kappa shape index (κ2) is 14.2. The van der Waals surface area contributed by atoms with E-state index in [0.717, 1.165) is 71.4 Å². The zero-order valence-electron chi connectivity index (χ0n) is 35.4. The van der Waals surface area contributed by atoms with Crippen LogP contribution in [-0.4, -0.2) is 86.4 Å². The molecule has 4 N–H and O–H groups in total. The Kier molecular flexibility index (Phi) is 9.28. The summed E-state index contributed by atoms with van der Waals surface area (Å²) in [5, 5.41) is 19.1. The van der Waals surface area contributed by atoms with Crippen LogP contribution in [0.4, 0.5) is 10.9 Å². The average molecular weight is 843 g/mol. The number of thiazole rings is 1. The van der Waals surface area contributed by atoms with Crippen molar-refractivity contribution in [3.63, 3.8) is 0 Å². The van der Waals surface area contributed by atoms with Crippen LogP contribution < -0.4 is 16.0 Å². The normalized spacial score (nSPS) is 28.2. The van der Waals surface area contributed by atoms with Crippen molar-refractivity contribution in [3.05, 3.63) is 88.9 Å². The van der Waals surface area contributed by atoms with E-state index in [0.29, 0.717) is 61.2 Å². The lowest BCUT2D eigenvalue weighted by atomic mass is 9.39. The van der Waals surface area contributed by atoms with Crippen LogP contribution in [-0.2, 0) is 29.0 Å². The maximum Gasteiger partial charge on any atom is 0.355 e. The van der Waals surface area contributed by atoms with Crippen LogP contribution in [0.25, 0.3) is 21.3 Å². The third-order valence-corrected chi connectivity index (χ3v) is 16.3. The van der Waals surface area contributed by atoms with Gasteiger partial charge in [0.15, 0.2) is 10.8 Å². The first kappa shape index (κ1) is 39.9. The fraction of sp³-hybridized carbons (Fsp3) is 0.489. The van der Waals surface area contributed by atoms with E-state index in [1.165, 1.54) is 24.2 Å². The number of aromatic nitrogens is 4. The lowest BCUT2D eigenvalue weighted by Gasteiger charge is -2.65. The minimum atomic E-state index is -1.10. The number of nitrogens with two attached hydrogens (primary N) is 1. The van der Waals surface area contributed by atoms with E-state index >= 15 is 0 Å². The summed E-state index contributed by atoms with van der Waals surface area (Å²) in [6, 6.07) is 17.4. The monoisotopic (exact) mass is 842 g/mol. The molecule has 5 aliphatic rings. The van der Waals surface area contributed by atoms with Gasteiger partial charge in [-0.2, -0.15) is 5.10 Å². The fourth-order valence-electron chi connectivity index (χ4n) is 13.4. The summed E-state index contributed by atoms with van der Waals surface area (Å²) in [4.78, 5) is 51.6. The van der Waals surface area contributed by atoms with E-state index < -0.39 is 5.97 Å². The maximum absolute atomic E-state index is 13.7. The first-order valence-electron chi connectivity index (χ1n) is 21.5. The molecule has 5 atom stereocenters. The molecule has 318 valence electrons. The molecule has 0 saturated heterocycles. The summed E-state index contributed by atoms with van der Waals surface area (Å²) in [6.07, 6.45) is 9.52. The van der Waals surface area contributed by atoms with E-state index in [1.54, 1.807) is 0 Å². The molecule has 5 aromatic rings. The Bertz CT molecular complexity index is 2590. The van der Waals surface area contributed by atoms with E-state index in [9.17, 15) is 19.5 Å². The number of fused-ring (bicyclic) bond motifs is 4. The van der Waals surface area contributed by atoms with Gasteiger partial charge in [-0.05, 0) is 122 Å². The molecular weight excluding hydrogens is 789 g/mol. The van der Waals surface area contributed by atoms with E-state index in [2.05, 4.69) is 44.7 Å². The number of nitrogens with one attached hydrogen (secondary N) is 1. The molecule has 3 aromatic heterocycles. The van der Waals surface area contributed by atoms with Crippen LogP contribution >= 0.6 is 11.3 Å². The third kappa shape index (κ3) is 6.46. The zero-order valence-corrected chi connectivity index (χ0v) is 36.2. The number of rotatable bonds is 14. The summed E-state index contributed by atoms with van der Waals surface area (Å²) >= 11 is 1.44. The molecular formula is C47H54N8O5S. The van der Waals surface area contributed by atoms with E-state index in [1.807, 2.05) is 68.7 Å². The molecule has 4 heterocycles. The van der Waals surface area contributed by atoms with Gasteiger partial charge in [0.1, 0.15) is 5.82 Å². The number of amides is 2. The van der Waals surface area contributed by atoms with Gasteiger partial charge in [-0.15, -0.1) is 0 Å². The van der Waals surface area contributed by atoms with Gasteiger partial charge in [0, 0.05) is 61.5 Å². The standard InChI is InChI=1S/C47H54N8O5S/c1-29-33(20-49-55(29)28-45-25-44(3)22-43(2)23-46(26-45,27-47(44,45)24-43)60-19-18-53(4)16-15-37(48)56)31-12-13-38(51-39(31)41(58)59)54-17-14-30-8-7-9-32(34(30)21-54)40(57)52-42-50-35-10-5-6-11-36(35)61-42/h5-13,20H,14-19,21-28H2,1-4H3,(H2,48,56)(H,58,59)(H,50,52,57). The smallest absolute Gasteiger partial charge is 0.355 e. The van der Waals surface area contributed by atoms with Crippen molar-refractivity contribution in [2.24, 2.45) is 27.4 Å². The highest BCUT2D eigenvalue weighted by Gasteiger charge is 2.84. The Hall–Kier alpha value is -5.18. The van der Waals surface area contributed by atoms with Gasteiger partial charge in [-0.25, -0.2) is 14.8 Å². The number of carboxylic acid groups (broad SMARTS) is 1. The number of aromatic carboxylic acids is 1. The molecule has 0 radical (unpaired) electrons. The van der Waals surface area contributed by atoms with Crippen molar-refractivity contribution >= 4 is 50.3 Å². The summed E-state index contributed by atoms with van der Waals surface area (Å²) in [5.41, 5.74) is 11.5. The molecule has 2 aromatic carbocycles. The summed E-state index contributed by atoms with van der Waals surface area (Å²) in [7, 11) is 2.01. The van der Waals surface area contributed by atoms with Gasteiger partial charge in [-0.3, -0.25) is 19.6 Å². The third-order valence-electron chi connectivity index (χ3n) is 15.4. The number of carboxylic acids is 1. The maximum atomic E-state index is 13.7. The molecule has 4 fully saturated rings. The predicted octanol–water partition coefficient (Wildman–Crippen LogP) is 7.32. The van der Waals surface area contributed by atoms with Crippen molar-refractivity contribution in [1.82, 2.24) is 24.6 Å². The van der Waals surface area contributed by atoms with Crippen LogP contribution in [0.3, 0.4) is 0 Å². The SMILES string of the molecule is Cc1c(-c2ccc(N3CCc4cccc(C(=O)Nc5nc6ccccc6s5)c4C3)nc2C(=O)O)cnn1CC12CC3(OCCN(C)CCC(N)=O)CC4(C)CC(C)(C1)C2(C4)C3. The van der Waals surface area contributed by atoms with Crippen molar-refractivity contribution in [1.29, 1.82) is 0 Å². The minimum absolute atomic E-state index is 0.0165. The first-order chi connectivity index (χ1) is 29.1. The van der Waals surface area contributed by atoms with Crippen molar-refractivity contribution < 1.29 is 24.2 Å². The number of carbonyl (C=O) groups excluding carboxylic acids is 2. The van der Waals surface area contributed by atoms with Gasteiger partial charge in [-0.1, -0.05) is 49.4 Å². The first-order valence-corrected chi connectivity index (χ1v) is 22.3. The van der Waals surface area contributed by atoms with Gasteiger partial charge in [0.2, 0.25) is 5.91 Å². The molecule has 13 nitrogen and oxygen atoms in total. The summed E-state index contributed by atoms with van der Waals surface area (Å²) < 4.78 is 10.1. The molecule has 3 bridgehead atoms. The number of carbonyl (C=O) groups is 3. The largest absolute Gasteiger partial charge is 0.476 e. The van der Waals surface area contributed by atoms with E-state index in [4.69, 9.17) is 20.6 Å². The number of primary amides is 1. The second-order valence-electron chi connectivity index (χ2n) is 19.6.